The first-order valence-corrected chi connectivity index (χ1v) is 7.43. The van der Waals surface area contributed by atoms with Crippen LogP contribution < -0.4 is 4.74 Å². The maximum Gasteiger partial charge on any atom is 0.345 e. The molecular weight excluding hydrogens is 282 g/mol. The molecule has 0 fully saturated rings. The van der Waals surface area contributed by atoms with Crippen molar-refractivity contribution >= 4 is 16.9 Å². The smallest absolute Gasteiger partial charge is 0.345 e. The number of ether oxygens (including phenoxy) is 2. The van der Waals surface area contributed by atoms with Gasteiger partial charge in [-0.3, -0.25) is 0 Å². The summed E-state index contributed by atoms with van der Waals surface area (Å²) < 4.78 is 16.2. The molecule has 1 aliphatic carbocycles. The van der Waals surface area contributed by atoms with Gasteiger partial charge in [-0.15, -0.1) is 0 Å². The highest BCUT2D eigenvalue weighted by atomic mass is 16.6. The van der Waals surface area contributed by atoms with Crippen molar-refractivity contribution in [1.82, 2.24) is 0 Å². The Morgan fingerprint density at radius 1 is 1.41 bits per heavy atom. The first-order valence-electron chi connectivity index (χ1n) is 7.43. The molecule has 0 saturated carbocycles. The normalized spacial score (nSPS) is 14.9. The van der Waals surface area contributed by atoms with Crippen LogP contribution in [0.15, 0.2) is 22.6 Å². The number of esters is 1. The Morgan fingerprint density at radius 3 is 3.05 bits per heavy atom. The van der Waals surface area contributed by atoms with E-state index in [2.05, 4.69) is 0 Å². The average molecular weight is 299 g/mol. The van der Waals surface area contributed by atoms with Crippen LogP contribution in [0, 0.1) is 11.3 Å². The van der Waals surface area contributed by atoms with E-state index in [1.54, 1.807) is 6.07 Å². The Morgan fingerprint density at radius 2 is 2.23 bits per heavy atom. The maximum atomic E-state index is 11.5. The molecule has 3 rings (SSSR count). The number of hydrogen-bond donors (Lipinski definition) is 0. The Balaban J connectivity index is 1.72. The lowest BCUT2D eigenvalue weighted by atomic mass is 9.96. The first kappa shape index (κ1) is 14.5. The summed E-state index contributed by atoms with van der Waals surface area (Å²) in [5.41, 5.74) is 2.12. The second-order valence-corrected chi connectivity index (χ2v) is 5.42. The summed E-state index contributed by atoms with van der Waals surface area (Å²) in [6.07, 6.45) is 3.58. The fourth-order valence-corrected chi connectivity index (χ4v) is 2.73. The number of aryl methyl sites for hydroxylation is 2. The van der Waals surface area contributed by atoms with Crippen molar-refractivity contribution in [3.05, 3.63) is 29.5 Å². The Bertz CT molecular complexity index is 741. The molecule has 0 radical (unpaired) electrons. The second-order valence-electron chi connectivity index (χ2n) is 5.42. The molecule has 1 atom stereocenters. The van der Waals surface area contributed by atoms with Crippen molar-refractivity contribution in [2.45, 2.75) is 38.7 Å². The van der Waals surface area contributed by atoms with Crippen LogP contribution in [0.1, 0.15) is 31.1 Å². The lowest BCUT2D eigenvalue weighted by Crippen LogP contribution is -2.19. The van der Waals surface area contributed by atoms with Crippen LogP contribution in [-0.2, 0) is 22.4 Å². The van der Waals surface area contributed by atoms with Gasteiger partial charge >= 0.3 is 5.97 Å². The predicted molar refractivity (Wildman–Crippen MR) is 79.5 cm³/mol. The van der Waals surface area contributed by atoms with Gasteiger partial charge in [-0.25, -0.2) is 4.79 Å². The van der Waals surface area contributed by atoms with Gasteiger partial charge in [0, 0.05) is 17.4 Å². The van der Waals surface area contributed by atoms with Crippen molar-refractivity contribution in [2.24, 2.45) is 0 Å². The lowest BCUT2D eigenvalue weighted by Gasteiger charge is -2.09. The molecule has 22 heavy (non-hydrogen) atoms. The summed E-state index contributed by atoms with van der Waals surface area (Å²) in [6, 6.07) is 7.39. The molecule has 1 aromatic carbocycles. The van der Waals surface area contributed by atoms with Gasteiger partial charge in [-0.05, 0) is 44.4 Å². The van der Waals surface area contributed by atoms with E-state index in [0.29, 0.717) is 5.75 Å². The number of nitrogens with zero attached hydrogens (tertiary/aromatic N) is 1. The zero-order chi connectivity index (χ0) is 15.5. The van der Waals surface area contributed by atoms with E-state index in [9.17, 15) is 4.79 Å². The predicted octanol–water partition coefficient (Wildman–Crippen LogP) is 3.15. The lowest BCUT2D eigenvalue weighted by molar-refractivity contribution is -0.148. The molecule has 0 saturated heterocycles. The van der Waals surface area contributed by atoms with Crippen LogP contribution in [0.3, 0.4) is 0 Å². The monoisotopic (exact) mass is 299 g/mol. The molecular formula is C17H17NO4. The standard InChI is InChI=1S/C17H17NO4/c1-11(9-18)21-17(19)10-20-12-6-7-16-14(8-12)13-4-2-3-5-15(13)22-16/h6-8,11H,2-5,10H2,1H3. The van der Waals surface area contributed by atoms with E-state index in [4.69, 9.17) is 19.2 Å². The van der Waals surface area contributed by atoms with Crippen molar-refractivity contribution in [2.75, 3.05) is 6.61 Å². The van der Waals surface area contributed by atoms with Gasteiger partial charge in [0.05, 0.1) is 0 Å². The summed E-state index contributed by atoms with van der Waals surface area (Å²) >= 11 is 0. The zero-order valence-electron chi connectivity index (χ0n) is 12.4. The molecule has 2 aromatic rings. The highest BCUT2D eigenvalue weighted by Crippen LogP contribution is 2.33. The number of fused-ring (bicyclic) bond motifs is 3. The zero-order valence-corrected chi connectivity index (χ0v) is 12.4. The van der Waals surface area contributed by atoms with Gasteiger partial charge in [0.25, 0.3) is 0 Å². The van der Waals surface area contributed by atoms with Crippen molar-refractivity contribution in [1.29, 1.82) is 5.26 Å². The van der Waals surface area contributed by atoms with Crippen LogP contribution in [0.4, 0.5) is 0 Å². The summed E-state index contributed by atoms with van der Waals surface area (Å²) in [7, 11) is 0. The Hall–Kier alpha value is -2.48. The molecule has 0 amide bonds. The third-order valence-electron chi connectivity index (χ3n) is 3.77. The molecule has 5 heteroatoms. The van der Waals surface area contributed by atoms with E-state index in [1.807, 2.05) is 18.2 Å². The van der Waals surface area contributed by atoms with Crippen LogP contribution >= 0.6 is 0 Å². The third-order valence-corrected chi connectivity index (χ3v) is 3.77. The summed E-state index contributed by atoms with van der Waals surface area (Å²) in [5.74, 6) is 1.12. The van der Waals surface area contributed by atoms with Crippen LogP contribution in [0.2, 0.25) is 0 Å². The van der Waals surface area contributed by atoms with Crippen molar-refractivity contribution in [3.8, 4) is 11.8 Å². The number of carbonyl (C=O) groups is 1. The van der Waals surface area contributed by atoms with E-state index >= 15 is 0 Å². The molecule has 0 bridgehead atoms. The molecule has 1 heterocycles. The van der Waals surface area contributed by atoms with Crippen LogP contribution in [0.25, 0.3) is 11.0 Å². The van der Waals surface area contributed by atoms with Gasteiger partial charge < -0.3 is 13.9 Å². The van der Waals surface area contributed by atoms with Crippen molar-refractivity contribution in [3.63, 3.8) is 0 Å². The molecule has 0 aliphatic heterocycles. The van der Waals surface area contributed by atoms with Gasteiger partial charge in [-0.1, -0.05) is 0 Å². The van der Waals surface area contributed by atoms with E-state index in [-0.39, 0.29) is 6.61 Å². The average Bonchev–Trinajstić information content (AvgIpc) is 2.90. The number of carbonyl (C=O) groups excluding carboxylic acids is 1. The fourth-order valence-electron chi connectivity index (χ4n) is 2.73. The summed E-state index contributed by atoms with van der Waals surface area (Å²) in [6.45, 7) is 1.30. The molecule has 0 N–H and O–H groups in total. The largest absolute Gasteiger partial charge is 0.482 e. The van der Waals surface area contributed by atoms with Gasteiger partial charge in [0.1, 0.15) is 23.2 Å². The Labute approximate surface area is 128 Å². The van der Waals surface area contributed by atoms with Gasteiger partial charge in [-0.2, -0.15) is 5.26 Å². The maximum absolute atomic E-state index is 11.5. The molecule has 1 aromatic heterocycles. The topological polar surface area (TPSA) is 72.5 Å². The highest BCUT2D eigenvalue weighted by molar-refractivity contribution is 5.84. The number of benzene rings is 1. The van der Waals surface area contributed by atoms with E-state index in [1.165, 1.54) is 25.3 Å². The quantitative estimate of drug-likeness (QED) is 0.811. The first-order chi connectivity index (χ1) is 10.7. The summed E-state index contributed by atoms with van der Waals surface area (Å²) in [4.78, 5) is 11.5. The van der Waals surface area contributed by atoms with Crippen molar-refractivity contribution < 1.29 is 18.7 Å². The minimum absolute atomic E-state index is 0.211. The minimum atomic E-state index is -0.764. The summed E-state index contributed by atoms with van der Waals surface area (Å²) in [5, 5.41) is 9.66. The number of nitriles is 1. The highest BCUT2D eigenvalue weighted by Gasteiger charge is 2.18. The third kappa shape index (κ3) is 2.91. The Kier molecular flexibility index (Phi) is 4.01. The van der Waals surface area contributed by atoms with Gasteiger partial charge in [0.15, 0.2) is 12.7 Å². The van der Waals surface area contributed by atoms with E-state index in [0.717, 1.165) is 29.6 Å². The van der Waals surface area contributed by atoms with Crippen LogP contribution in [-0.4, -0.2) is 18.7 Å². The molecule has 0 spiro atoms. The SMILES string of the molecule is CC(C#N)OC(=O)COc1ccc2oc3c(c2c1)CCCC3. The molecule has 114 valence electrons. The molecule has 5 nitrogen and oxygen atoms in total. The van der Waals surface area contributed by atoms with Crippen LogP contribution in [0.5, 0.6) is 5.75 Å². The van der Waals surface area contributed by atoms with E-state index < -0.39 is 12.1 Å². The second kappa shape index (κ2) is 6.10. The minimum Gasteiger partial charge on any atom is -0.482 e. The number of rotatable bonds is 4. The number of furan rings is 1. The molecule has 1 unspecified atom stereocenters. The fraction of sp³-hybridized carbons (Fsp3) is 0.412. The number of hydrogen-bond acceptors (Lipinski definition) is 5. The van der Waals surface area contributed by atoms with Gasteiger partial charge in [0.2, 0.25) is 0 Å². The molecule has 1 aliphatic rings.